The molecule has 1 fully saturated rings. The Balaban J connectivity index is 1.43. The van der Waals surface area contributed by atoms with E-state index in [0.29, 0.717) is 47.6 Å². The first-order valence-electron chi connectivity index (χ1n) is 14.5. The molecule has 2 amide bonds. The lowest BCUT2D eigenvalue weighted by Gasteiger charge is -2.38. The van der Waals surface area contributed by atoms with E-state index in [-0.39, 0.29) is 33.8 Å². The van der Waals surface area contributed by atoms with Crippen LogP contribution in [0.2, 0.25) is 0 Å². The van der Waals surface area contributed by atoms with Crippen molar-refractivity contribution < 1.29 is 37.3 Å². The largest absolute Gasteiger partial charge is 0.490 e. The first-order chi connectivity index (χ1) is 21.1. The molecule has 2 aromatic heterocycles. The third kappa shape index (κ3) is 6.87. The number of amides is 2. The Morgan fingerprint density at radius 2 is 1.87 bits per heavy atom. The van der Waals surface area contributed by atoms with E-state index < -0.39 is 29.8 Å². The van der Waals surface area contributed by atoms with Gasteiger partial charge in [0.1, 0.15) is 39.9 Å². The highest BCUT2D eigenvalue weighted by Crippen LogP contribution is 2.40. The Bertz CT molecular complexity index is 1710. The fourth-order valence-electron chi connectivity index (χ4n) is 5.83. The van der Waals surface area contributed by atoms with E-state index in [0.717, 1.165) is 17.4 Å². The molecule has 1 aliphatic heterocycles. The lowest BCUT2D eigenvalue weighted by Crippen LogP contribution is -2.47. The van der Waals surface area contributed by atoms with Gasteiger partial charge in [0, 0.05) is 36.7 Å². The number of carbonyl (C=O) groups is 2. The molecule has 240 valence electrons. The van der Waals surface area contributed by atoms with E-state index in [1.54, 1.807) is 23.0 Å². The van der Waals surface area contributed by atoms with Crippen LogP contribution in [-0.4, -0.2) is 50.2 Å². The van der Waals surface area contributed by atoms with E-state index >= 15 is 0 Å². The van der Waals surface area contributed by atoms with Crippen molar-refractivity contribution in [2.24, 2.45) is 11.1 Å². The van der Waals surface area contributed by atoms with Crippen molar-refractivity contribution in [2.75, 3.05) is 6.54 Å². The third-order valence-electron chi connectivity index (χ3n) is 8.01. The van der Waals surface area contributed by atoms with Crippen LogP contribution in [0, 0.1) is 5.41 Å². The van der Waals surface area contributed by atoms with Crippen molar-refractivity contribution in [3.05, 3.63) is 70.9 Å². The molecule has 45 heavy (non-hydrogen) atoms. The molecule has 1 unspecified atom stereocenters. The van der Waals surface area contributed by atoms with Crippen molar-refractivity contribution in [2.45, 2.75) is 71.4 Å². The van der Waals surface area contributed by atoms with Crippen LogP contribution >= 0.6 is 11.3 Å². The minimum absolute atomic E-state index is 0.0604. The molecule has 1 aliphatic rings. The van der Waals surface area contributed by atoms with Crippen molar-refractivity contribution in [1.82, 2.24) is 14.5 Å². The Hall–Kier alpha value is -4.26. The average Bonchev–Trinajstić information content (AvgIpc) is 3.49. The minimum Gasteiger partial charge on any atom is -0.490 e. The van der Waals surface area contributed by atoms with E-state index in [2.05, 4.69) is 4.98 Å². The Morgan fingerprint density at radius 1 is 1.13 bits per heavy atom. The second-order valence-corrected chi connectivity index (χ2v) is 13.3. The predicted molar refractivity (Wildman–Crippen MR) is 164 cm³/mol. The number of halogens is 3. The topological polar surface area (TPSA) is 120 Å². The number of fused-ring (bicyclic) bond motifs is 1. The number of aromatic nitrogens is 2. The van der Waals surface area contributed by atoms with Crippen LogP contribution in [0.1, 0.15) is 73.9 Å². The van der Waals surface area contributed by atoms with Gasteiger partial charge < -0.3 is 25.2 Å². The number of hydrogen-bond donors (Lipinski definition) is 2. The number of imidazole rings is 1. The number of benzene rings is 2. The minimum atomic E-state index is -4.57. The van der Waals surface area contributed by atoms with Crippen LogP contribution in [0.4, 0.5) is 18.0 Å². The molecule has 5 rings (SSSR count). The number of likely N-dealkylation sites (tertiary alicyclic amines) is 1. The SMILES string of the molecule is C[C@@H](Oc1cc(-n2cnc3ccc(O[C@H]4CCCN(C(=O)O)C(C(C)(C)C)C4)cc32)sc1C(N)=O)c1ccccc1C(F)(F)F. The number of ether oxygens (including phenoxy) is 2. The summed E-state index contributed by atoms with van der Waals surface area (Å²) in [6, 6.07) is 11.9. The van der Waals surface area contributed by atoms with Crippen LogP contribution in [0.5, 0.6) is 11.5 Å². The molecule has 4 aromatic rings. The van der Waals surface area contributed by atoms with Gasteiger partial charge in [-0.2, -0.15) is 13.2 Å². The van der Waals surface area contributed by atoms with Gasteiger partial charge in [-0.1, -0.05) is 39.0 Å². The van der Waals surface area contributed by atoms with Gasteiger partial charge in [0.25, 0.3) is 5.91 Å². The molecular weight excluding hydrogens is 609 g/mol. The molecule has 0 aliphatic carbocycles. The number of rotatable bonds is 7. The van der Waals surface area contributed by atoms with Gasteiger partial charge in [-0.25, -0.2) is 9.78 Å². The van der Waals surface area contributed by atoms with Crippen molar-refractivity contribution in [3.63, 3.8) is 0 Å². The number of nitrogens with zero attached hydrogens (tertiary/aromatic N) is 3. The second-order valence-electron chi connectivity index (χ2n) is 12.2. The number of nitrogens with two attached hydrogens (primary N) is 1. The maximum Gasteiger partial charge on any atom is 0.416 e. The van der Waals surface area contributed by atoms with Crippen molar-refractivity contribution >= 4 is 34.4 Å². The maximum atomic E-state index is 13.6. The van der Waals surface area contributed by atoms with E-state index in [4.69, 9.17) is 15.2 Å². The Labute approximate surface area is 262 Å². The van der Waals surface area contributed by atoms with E-state index in [1.807, 2.05) is 32.9 Å². The number of carbonyl (C=O) groups excluding carboxylic acids is 1. The lowest BCUT2D eigenvalue weighted by atomic mass is 9.82. The molecule has 0 saturated carbocycles. The fourth-order valence-corrected chi connectivity index (χ4v) is 6.76. The number of carboxylic acid groups (broad SMARTS) is 1. The van der Waals surface area contributed by atoms with Crippen molar-refractivity contribution in [3.8, 4) is 16.5 Å². The van der Waals surface area contributed by atoms with Gasteiger partial charge in [-0.05, 0) is 43.4 Å². The normalized spacial score (nSPS) is 18.4. The Kier molecular flexibility index (Phi) is 8.76. The highest BCUT2D eigenvalue weighted by Gasteiger charge is 2.38. The molecule has 3 heterocycles. The number of primary amides is 1. The van der Waals surface area contributed by atoms with E-state index in [9.17, 15) is 27.9 Å². The van der Waals surface area contributed by atoms with Gasteiger partial charge in [-0.15, -0.1) is 11.3 Å². The quantitative estimate of drug-likeness (QED) is 0.213. The average molecular weight is 645 g/mol. The molecule has 0 radical (unpaired) electrons. The summed E-state index contributed by atoms with van der Waals surface area (Å²) < 4.78 is 55.0. The summed E-state index contributed by atoms with van der Waals surface area (Å²) in [5.74, 6) is -0.134. The summed E-state index contributed by atoms with van der Waals surface area (Å²) >= 11 is 1.04. The molecule has 3 atom stereocenters. The number of hydrogen-bond acceptors (Lipinski definition) is 6. The molecule has 1 saturated heterocycles. The number of thiophene rings is 1. The molecule has 0 spiro atoms. The first-order valence-corrected chi connectivity index (χ1v) is 15.3. The van der Waals surface area contributed by atoms with E-state index in [1.165, 1.54) is 30.0 Å². The summed E-state index contributed by atoms with van der Waals surface area (Å²) in [5, 5.41) is 10.3. The van der Waals surface area contributed by atoms with Gasteiger partial charge in [0.2, 0.25) is 0 Å². The van der Waals surface area contributed by atoms with Gasteiger partial charge >= 0.3 is 12.3 Å². The lowest BCUT2D eigenvalue weighted by molar-refractivity contribution is -0.139. The predicted octanol–water partition coefficient (Wildman–Crippen LogP) is 7.67. The van der Waals surface area contributed by atoms with Crippen LogP contribution in [0.25, 0.3) is 16.0 Å². The molecule has 0 bridgehead atoms. The molecule has 13 heteroatoms. The zero-order valence-corrected chi connectivity index (χ0v) is 26.1. The Morgan fingerprint density at radius 3 is 2.53 bits per heavy atom. The zero-order chi connectivity index (χ0) is 32.7. The monoisotopic (exact) mass is 644 g/mol. The fraction of sp³-hybridized carbons (Fsp3) is 0.406. The van der Waals surface area contributed by atoms with Crippen LogP contribution in [0.15, 0.2) is 54.9 Å². The van der Waals surface area contributed by atoms with Gasteiger partial charge in [0.15, 0.2) is 0 Å². The smallest absolute Gasteiger partial charge is 0.416 e. The standard InChI is InChI=1S/C32H35F3N4O5S/c1-18(21-9-5-6-10-22(21)32(33,34)35)43-25-16-27(45-28(25)29(36)40)39-17-37-23-12-11-20(14-24(23)39)44-19-8-7-13-38(30(41)42)26(15-19)31(2,3)4/h5-6,9-12,14,16-19,26H,7-8,13,15H2,1-4H3,(H2,36,40)(H,41,42)/t18-,19+,26?/m1/s1. The third-order valence-corrected chi connectivity index (χ3v) is 9.14. The van der Waals surface area contributed by atoms with Crippen LogP contribution < -0.4 is 15.2 Å². The highest BCUT2D eigenvalue weighted by atomic mass is 32.1. The molecular formula is C32H35F3N4O5S. The van der Waals surface area contributed by atoms with Gasteiger partial charge in [0.05, 0.1) is 16.6 Å². The summed E-state index contributed by atoms with van der Waals surface area (Å²) in [6.07, 6.45) is -3.28. The summed E-state index contributed by atoms with van der Waals surface area (Å²) in [4.78, 5) is 30.4. The summed E-state index contributed by atoms with van der Waals surface area (Å²) in [6.45, 7) is 7.99. The summed E-state index contributed by atoms with van der Waals surface area (Å²) in [7, 11) is 0. The molecule has 3 N–H and O–H groups in total. The zero-order valence-electron chi connectivity index (χ0n) is 25.3. The molecule has 9 nitrogen and oxygen atoms in total. The van der Waals surface area contributed by atoms with Crippen molar-refractivity contribution in [1.29, 1.82) is 0 Å². The highest BCUT2D eigenvalue weighted by molar-refractivity contribution is 7.16. The van der Waals surface area contributed by atoms with Crippen LogP contribution in [-0.2, 0) is 6.18 Å². The second kappa shape index (κ2) is 12.3. The number of alkyl halides is 3. The van der Waals surface area contributed by atoms with Gasteiger partial charge in [-0.3, -0.25) is 9.36 Å². The summed E-state index contributed by atoms with van der Waals surface area (Å²) in [5.41, 5.74) is 5.79. The molecule has 2 aromatic carbocycles. The first kappa shape index (κ1) is 32.1. The van der Waals surface area contributed by atoms with Crippen LogP contribution in [0.3, 0.4) is 0 Å². The maximum absolute atomic E-state index is 13.6.